The third kappa shape index (κ3) is 4.24. The Morgan fingerprint density at radius 1 is 1.33 bits per heavy atom. The number of halogens is 2. The molecule has 0 saturated heterocycles. The van der Waals surface area contributed by atoms with Crippen molar-refractivity contribution in [3.8, 4) is 5.75 Å². The fourth-order valence-corrected chi connectivity index (χ4v) is 2.67. The zero-order chi connectivity index (χ0) is 19.4. The summed E-state index contributed by atoms with van der Waals surface area (Å²) in [4.78, 5) is 12.2. The van der Waals surface area contributed by atoms with Gasteiger partial charge in [0.1, 0.15) is 11.9 Å². The Labute approximate surface area is 159 Å². The van der Waals surface area contributed by atoms with E-state index in [-0.39, 0.29) is 22.9 Å². The highest BCUT2D eigenvalue weighted by molar-refractivity contribution is 6.31. The minimum atomic E-state index is -0.913. The molecule has 0 unspecified atom stereocenters. The van der Waals surface area contributed by atoms with Gasteiger partial charge in [0.25, 0.3) is 5.91 Å². The maximum atomic E-state index is 13.9. The van der Waals surface area contributed by atoms with Crippen LogP contribution in [0.1, 0.15) is 22.2 Å². The van der Waals surface area contributed by atoms with Gasteiger partial charge in [0, 0.05) is 5.56 Å². The third-order valence-corrected chi connectivity index (χ3v) is 4.12. The Balaban J connectivity index is 1.71. The first-order valence-electron chi connectivity index (χ1n) is 7.96. The number of rotatable bonds is 6. The van der Waals surface area contributed by atoms with Gasteiger partial charge in [-0.05, 0) is 18.2 Å². The summed E-state index contributed by atoms with van der Waals surface area (Å²) in [6, 6.07) is 11.3. The van der Waals surface area contributed by atoms with E-state index in [0.29, 0.717) is 11.3 Å². The number of hydrogen-bond acceptors (Lipinski definition) is 5. The lowest BCUT2D eigenvalue weighted by atomic mass is 10.1. The predicted molar refractivity (Wildman–Crippen MR) is 97.3 cm³/mol. The average Bonchev–Trinajstić information content (AvgIpc) is 3.14. The zero-order valence-corrected chi connectivity index (χ0v) is 15.0. The quantitative estimate of drug-likeness (QED) is 0.675. The summed E-state index contributed by atoms with van der Waals surface area (Å²) in [6.07, 6.45) is 0.445. The van der Waals surface area contributed by atoms with Gasteiger partial charge in [0.15, 0.2) is 11.5 Å². The Kier molecular flexibility index (Phi) is 5.68. The summed E-state index contributed by atoms with van der Waals surface area (Å²) < 4.78 is 20.4. The van der Waals surface area contributed by atoms with Crippen molar-refractivity contribution in [3.63, 3.8) is 0 Å². The second-order valence-electron chi connectivity index (χ2n) is 5.64. The van der Waals surface area contributed by atoms with E-state index in [1.807, 2.05) is 0 Å². The lowest BCUT2D eigenvalue weighted by Gasteiger charge is -2.14. The van der Waals surface area contributed by atoms with Crippen LogP contribution in [0.25, 0.3) is 0 Å². The first kappa shape index (κ1) is 18.8. The van der Waals surface area contributed by atoms with E-state index in [4.69, 9.17) is 16.3 Å². The second-order valence-corrected chi connectivity index (χ2v) is 6.05. The molecule has 1 amide bonds. The van der Waals surface area contributed by atoms with Crippen LogP contribution in [0.3, 0.4) is 0 Å². The number of carbonyl (C=O) groups is 1. The van der Waals surface area contributed by atoms with Crippen LogP contribution in [0.5, 0.6) is 5.75 Å². The molecule has 2 N–H and O–H groups in total. The highest BCUT2D eigenvalue weighted by atomic mass is 35.5. The minimum Gasteiger partial charge on any atom is -0.496 e. The molecule has 0 radical (unpaired) electrons. The molecular formula is C18H16ClFN4O3. The molecule has 0 saturated carbocycles. The third-order valence-electron chi connectivity index (χ3n) is 3.83. The number of methoxy groups -OCH3 is 1. The molecule has 9 heteroatoms. The fourth-order valence-electron chi connectivity index (χ4n) is 2.50. The minimum absolute atomic E-state index is 0.0263. The van der Waals surface area contributed by atoms with Crippen LogP contribution in [0.15, 0.2) is 48.7 Å². The Morgan fingerprint density at radius 2 is 2.11 bits per heavy atom. The molecule has 0 aliphatic heterocycles. The lowest BCUT2D eigenvalue weighted by molar-refractivity contribution is 0.102. The van der Waals surface area contributed by atoms with Crippen molar-refractivity contribution in [2.24, 2.45) is 0 Å². The topological polar surface area (TPSA) is 89.3 Å². The van der Waals surface area contributed by atoms with Crippen molar-refractivity contribution in [3.05, 3.63) is 70.8 Å². The molecular weight excluding hydrogens is 375 g/mol. The number of aliphatic hydroxyl groups excluding tert-OH is 1. The molecule has 0 aliphatic rings. The molecule has 0 aliphatic carbocycles. The van der Waals surface area contributed by atoms with Gasteiger partial charge < -0.3 is 15.2 Å². The number of hydrogen-bond donors (Lipinski definition) is 2. The number of nitrogens with one attached hydrogen (secondary N) is 1. The van der Waals surface area contributed by atoms with Crippen molar-refractivity contribution >= 4 is 23.2 Å². The molecule has 0 bridgehead atoms. The molecule has 1 aromatic heterocycles. The Morgan fingerprint density at radius 3 is 2.89 bits per heavy atom. The summed E-state index contributed by atoms with van der Waals surface area (Å²) in [6.45, 7) is 0.0617. The first-order valence-corrected chi connectivity index (χ1v) is 8.34. The van der Waals surface area contributed by atoms with E-state index < -0.39 is 17.8 Å². The highest BCUT2D eigenvalue weighted by Gasteiger charge is 2.17. The van der Waals surface area contributed by atoms with Crippen LogP contribution in [0.2, 0.25) is 5.02 Å². The van der Waals surface area contributed by atoms with Crippen LogP contribution in [-0.4, -0.2) is 33.1 Å². The standard InChI is InChI=1S/C18H16ClFN4O3/c1-27-16-8-3-2-5-11(16)15(25)10-24-9-14(22-23-24)18(26)21-13-7-4-6-12(19)17(13)20/h2-9,15,25H,10H2,1H3,(H,21,26)/t15-/m0/s1. The van der Waals surface area contributed by atoms with Gasteiger partial charge in [-0.15, -0.1) is 5.10 Å². The highest BCUT2D eigenvalue weighted by Crippen LogP contribution is 2.26. The van der Waals surface area contributed by atoms with Crippen molar-refractivity contribution in [2.45, 2.75) is 12.6 Å². The number of para-hydroxylation sites is 1. The summed E-state index contributed by atoms with van der Waals surface area (Å²) >= 11 is 5.69. The smallest absolute Gasteiger partial charge is 0.277 e. The normalized spacial score (nSPS) is 11.9. The van der Waals surface area contributed by atoms with E-state index in [1.54, 1.807) is 24.3 Å². The van der Waals surface area contributed by atoms with Gasteiger partial charge in [-0.3, -0.25) is 4.79 Å². The molecule has 0 fully saturated rings. The van der Waals surface area contributed by atoms with Gasteiger partial charge >= 0.3 is 0 Å². The number of amides is 1. The molecule has 140 valence electrons. The van der Waals surface area contributed by atoms with Gasteiger partial charge in [-0.25, -0.2) is 9.07 Å². The zero-order valence-electron chi connectivity index (χ0n) is 14.3. The van der Waals surface area contributed by atoms with Crippen LogP contribution in [-0.2, 0) is 6.54 Å². The number of ether oxygens (including phenoxy) is 1. The Bertz CT molecular complexity index is 963. The van der Waals surface area contributed by atoms with E-state index in [9.17, 15) is 14.3 Å². The molecule has 3 rings (SSSR count). The van der Waals surface area contributed by atoms with Crippen LogP contribution in [0.4, 0.5) is 10.1 Å². The number of benzene rings is 2. The summed E-state index contributed by atoms with van der Waals surface area (Å²) in [7, 11) is 1.51. The molecule has 27 heavy (non-hydrogen) atoms. The molecule has 1 heterocycles. The van der Waals surface area contributed by atoms with Gasteiger partial charge in [0.05, 0.1) is 30.6 Å². The second kappa shape index (κ2) is 8.15. The number of nitrogens with zero attached hydrogens (tertiary/aromatic N) is 3. The van der Waals surface area contributed by atoms with E-state index >= 15 is 0 Å². The van der Waals surface area contributed by atoms with Crippen molar-refractivity contribution in [1.82, 2.24) is 15.0 Å². The molecule has 7 nitrogen and oxygen atoms in total. The fraction of sp³-hybridized carbons (Fsp3) is 0.167. The van der Waals surface area contributed by atoms with Gasteiger partial charge in [-0.1, -0.05) is 41.1 Å². The first-order chi connectivity index (χ1) is 13.0. The predicted octanol–water partition coefficient (Wildman–Crippen LogP) is 3.07. The van der Waals surface area contributed by atoms with E-state index in [2.05, 4.69) is 15.6 Å². The van der Waals surface area contributed by atoms with Crippen LogP contribution >= 0.6 is 11.6 Å². The number of carbonyl (C=O) groups excluding carboxylic acids is 1. The van der Waals surface area contributed by atoms with E-state index in [0.717, 1.165) is 0 Å². The van der Waals surface area contributed by atoms with Crippen LogP contribution in [0, 0.1) is 5.82 Å². The van der Waals surface area contributed by atoms with Crippen molar-refractivity contribution < 1.29 is 19.0 Å². The van der Waals surface area contributed by atoms with Crippen LogP contribution < -0.4 is 10.1 Å². The monoisotopic (exact) mass is 390 g/mol. The van der Waals surface area contributed by atoms with Crippen molar-refractivity contribution in [2.75, 3.05) is 12.4 Å². The van der Waals surface area contributed by atoms with Crippen molar-refractivity contribution in [1.29, 1.82) is 0 Å². The van der Waals surface area contributed by atoms with E-state index in [1.165, 1.54) is 36.2 Å². The molecule has 2 aromatic carbocycles. The number of aromatic nitrogens is 3. The van der Waals surface area contributed by atoms with Gasteiger partial charge in [0.2, 0.25) is 0 Å². The maximum Gasteiger partial charge on any atom is 0.277 e. The number of aliphatic hydroxyl groups is 1. The molecule has 3 aromatic rings. The molecule has 1 atom stereocenters. The average molecular weight is 391 g/mol. The maximum absolute atomic E-state index is 13.9. The largest absolute Gasteiger partial charge is 0.496 e. The lowest BCUT2D eigenvalue weighted by Crippen LogP contribution is -2.14. The number of anilines is 1. The van der Waals surface area contributed by atoms with Gasteiger partial charge in [-0.2, -0.15) is 0 Å². The summed E-state index contributed by atoms with van der Waals surface area (Å²) in [5, 5.41) is 20.3. The summed E-state index contributed by atoms with van der Waals surface area (Å²) in [5.41, 5.74) is 0.500. The molecule has 0 spiro atoms. The SMILES string of the molecule is COc1ccccc1[C@@H](O)Cn1cc(C(=O)Nc2cccc(Cl)c2F)nn1. The summed E-state index contributed by atoms with van der Waals surface area (Å²) in [5.74, 6) is -0.833. The Hall–Kier alpha value is -2.97.